The molecule has 2 fully saturated rings. The Morgan fingerprint density at radius 1 is 1.27 bits per heavy atom. The number of ether oxygens (including phenoxy) is 1. The molecular formula is C18H19N3O5. The molecule has 1 aromatic rings. The predicted octanol–water partition coefficient (Wildman–Crippen LogP) is 0.417. The van der Waals surface area contributed by atoms with Crippen LogP contribution < -0.4 is 10.2 Å². The fourth-order valence-corrected chi connectivity index (χ4v) is 3.83. The van der Waals surface area contributed by atoms with Crippen LogP contribution in [-0.2, 0) is 19.1 Å². The Kier molecular flexibility index (Phi) is 3.71. The number of amides is 3. The van der Waals surface area contributed by atoms with Gasteiger partial charge in [0.25, 0.3) is 11.8 Å². The lowest BCUT2D eigenvalue weighted by Gasteiger charge is -2.48. The second kappa shape index (κ2) is 5.82. The van der Waals surface area contributed by atoms with Gasteiger partial charge in [-0.25, -0.2) is 4.79 Å². The summed E-state index contributed by atoms with van der Waals surface area (Å²) in [5.74, 6) is -1.69. The topological polar surface area (TPSA) is 96.0 Å². The van der Waals surface area contributed by atoms with Crippen LogP contribution in [0.5, 0.6) is 0 Å². The second-order valence-corrected chi connectivity index (χ2v) is 6.72. The molecule has 1 saturated carbocycles. The minimum atomic E-state index is -1.50. The molecule has 1 aliphatic carbocycles. The van der Waals surface area contributed by atoms with Gasteiger partial charge in [0.05, 0.1) is 11.3 Å². The van der Waals surface area contributed by atoms with E-state index in [0.29, 0.717) is 11.3 Å². The van der Waals surface area contributed by atoms with Crippen LogP contribution in [0.25, 0.3) is 0 Å². The molecule has 1 aromatic carbocycles. The first-order valence-corrected chi connectivity index (χ1v) is 8.64. The molecule has 0 spiro atoms. The van der Waals surface area contributed by atoms with Crippen molar-refractivity contribution in [2.45, 2.75) is 37.4 Å². The van der Waals surface area contributed by atoms with Gasteiger partial charge >= 0.3 is 5.97 Å². The third-order valence-electron chi connectivity index (χ3n) is 5.15. The highest BCUT2D eigenvalue weighted by Crippen LogP contribution is 2.49. The first-order chi connectivity index (χ1) is 12.5. The van der Waals surface area contributed by atoms with Gasteiger partial charge in [-0.2, -0.15) is 0 Å². The van der Waals surface area contributed by atoms with Gasteiger partial charge in [0.2, 0.25) is 11.6 Å². The lowest BCUT2D eigenvalue weighted by atomic mass is 9.96. The van der Waals surface area contributed by atoms with Gasteiger partial charge in [-0.3, -0.25) is 19.3 Å². The molecule has 2 aliphatic heterocycles. The van der Waals surface area contributed by atoms with E-state index in [1.165, 1.54) is 16.8 Å². The van der Waals surface area contributed by atoms with E-state index in [1.807, 2.05) is 0 Å². The van der Waals surface area contributed by atoms with Crippen LogP contribution in [0.4, 0.5) is 5.69 Å². The zero-order valence-electron chi connectivity index (χ0n) is 14.4. The number of likely N-dealkylation sites (N-methyl/N-ethyl adjacent to an activating group) is 1. The van der Waals surface area contributed by atoms with E-state index < -0.39 is 24.1 Å². The Morgan fingerprint density at radius 3 is 2.69 bits per heavy atom. The average molecular weight is 357 g/mol. The standard InChI is InChI=1S/C18H19N3O5/c1-19-14(22)10-26-17(25)18-9-8-15(23)21(18)13-5-3-2-4-12(13)16(24)20(18)11-6-7-11/h2-5,11H,6-10H2,1H3,(H,19,22)/t18-/m0/s1. The lowest BCUT2D eigenvalue weighted by molar-refractivity contribution is -0.160. The van der Waals surface area contributed by atoms with Gasteiger partial charge in [-0.05, 0) is 25.0 Å². The van der Waals surface area contributed by atoms with Crippen molar-refractivity contribution in [3.8, 4) is 0 Å². The van der Waals surface area contributed by atoms with Gasteiger partial charge in [0.1, 0.15) is 0 Å². The summed E-state index contributed by atoms with van der Waals surface area (Å²) in [6, 6.07) is 6.70. The summed E-state index contributed by atoms with van der Waals surface area (Å²) < 4.78 is 5.22. The normalized spacial score (nSPS) is 24.2. The monoisotopic (exact) mass is 357 g/mol. The van der Waals surface area contributed by atoms with Crippen molar-refractivity contribution in [2.24, 2.45) is 0 Å². The van der Waals surface area contributed by atoms with Crippen LogP contribution >= 0.6 is 0 Å². The van der Waals surface area contributed by atoms with E-state index in [0.717, 1.165) is 12.8 Å². The van der Waals surface area contributed by atoms with Crippen LogP contribution in [0.1, 0.15) is 36.0 Å². The average Bonchev–Trinajstić information content (AvgIpc) is 3.42. The summed E-state index contributed by atoms with van der Waals surface area (Å²) in [6.07, 6.45) is 1.86. The van der Waals surface area contributed by atoms with Crippen LogP contribution in [0, 0.1) is 0 Å². The number of hydrogen-bond acceptors (Lipinski definition) is 5. The Labute approximate surface area is 150 Å². The summed E-state index contributed by atoms with van der Waals surface area (Å²) in [4.78, 5) is 53.3. The van der Waals surface area contributed by atoms with E-state index in [1.54, 1.807) is 24.3 Å². The van der Waals surface area contributed by atoms with Crippen molar-refractivity contribution in [1.29, 1.82) is 0 Å². The van der Waals surface area contributed by atoms with E-state index in [9.17, 15) is 19.2 Å². The first-order valence-electron chi connectivity index (χ1n) is 8.64. The smallest absolute Gasteiger partial charge is 0.354 e. The SMILES string of the molecule is CNC(=O)COC(=O)[C@]12CCC(=O)N1c1ccccc1C(=O)N2C1CC1. The number of nitrogens with zero attached hydrogens (tertiary/aromatic N) is 2. The third kappa shape index (κ3) is 2.21. The number of hydrogen-bond donors (Lipinski definition) is 1. The highest BCUT2D eigenvalue weighted by Gasteiger charge is 2.64. The minimum absolute atomic E-state index is 0.100. The van der Waals surface area contributed by atoms with Crippen molar-refractivity contribution in [2.75, 3.05) is 18.6 Å². The number of nitrogens with one attached hydrogen (secondary N) is 1. The molecule has 8 heteroatoms. The highest BCUT2D eigenvalue weighted by atomic mass is 16.5. The Hall–Kier alpha value is -2.90. The van der Waals surface area contributed by atoms with E-state index in [-0.39, 0.29) is 30.7 Å². The molecule has 3 aliphatic rings. The molecule has 4 rings (SSSR count). The number of benzene rings is 1. The number of para-hydroxylation sites is 1. The Bertz CT molecular complexity index is 819. The molecule has 1 atom stereocenters. The van der Waals surface area contributed by atoms with Crippen molar-refractivity contribution >= 4 is 29.4 Å². The zero-order valence-corrected chi connectivity index (χ0v) is 14.4. The summed E-state index contributed by atoms with van der Waals surface area (Å²) in [5, 5.41) is 2.38. The number of carbonyl (C=O) groups is 4. The van der Waals surface area contributed by atoms with Crippen LogP contribution in [0.15, 0.2) is 24.3 Å². The molecule has 8 nitrogen and oxygen atoms in total. The Balaban J connectivity index is 1.81. The molecular weight excluding hydrogens is 338 g/mol. The van der Waals surface area contributed by atoms with Crippen LogP contribution in [0.3, 0.4) is 0 Å². The number of anilines is 1. The van der Waals surface area contributed by atoms with E-state index in [2.05, 4.69) is 5.32 Å². The molecule has 0 radical (unpaired) electrons. The molecule has 26 heavy (non-hydrogen) atoms. The number of carbonyl (C=O) groups excluding carboxylic acids is 4. The van der Waals surface area contributed by atoms with Gasteiger partial charge in [0.15, 0.2) is 6.61 Å². The fourth-order valence-electron chi connectivity index (χ4n) is 3.83. The first kappa shape index (κ1) is 16.6. The summed E-state index contributed by atoms with van der Waals surface area (Å²) in [6.45, 7) is -0.451. The van der Waals surface area contributed by atoms with Gasteiger partial charge in [0, 0.05) is 25.9 Å². The largest absolute Gasteiger partial charge is 0.452 e. The molecule has 0 bridgehead atoms. The maximum Gasteiger partial charge on any atom is 0.354 e. The van der Waals surface area contributed by atoms with E-state index in [4.69, 9.17) is 4.74 Å². The molecule has 3 amide bonds. The molecule has 2 heterocycles. The van der Waals surface area contributed by atoms with Gasteiger partial charge in [-0.1, -0.05) is 12.1 Å². The quantitative estimate of drug-likeness (QED) is 0.788. The van der Waals surface area contributed by atoms with E-state index >= 15 is 0 Å². The number of rotatable bonds is 4. The van der Waals surface area contributed by atoms with Crippen LogP contribution in [-0.4, -0.2) is 54.0 Å². The second-order valence-electron chi connectivity index (χ2n) is 6.72. The number of esters is 1. The minimum Gasteiger partial charge on any atom is -0.452 e. The molecule has 0 aromatic heterocycles. The van der Waals surface area contributed by atoms with Crippen molar-refractivity contribution in [3.63, 3.8) is 0 Å². The van der Waals surface area contributed by atoms with Crippen molar-refractivity contribution in [1.82, 2.24) is 10.2 Å². The van der Waals surface area contributed by atoms with Gasteiger partial charge in [-0.15, -0.1) is 0 Å². The molecule has 1 saturated heterocycles. The maximum atomic E-state index is 13.2. The summed E-state index contributed by atoms with van der Waals surface area (Å²) in [7, 11) is 1.44. The predicted molar refractivity (Wildman–Crippen MR) is 90.1 cm³/mol. The van der Waals surface area contributed by atoms with Crippen molar-refractivity contribution < 1.29 is 23.9 Å². The zero-order chi connectivity index (χ0) is 18.5. The van der Waals surface area contributed by atoms with Gasteiger partial charge < -0.3 is 15.0 Å². The highest BCUT2D eigenvalue weighted by molar-refractivity contribution is 6.15. The summed E-state index contributed by atoms with van der Waals surface area (Å²) >= 11 is 0. The lowest BCUT2D eigenvalue weighted by Crippen LogP contribution is -2.69. The number of fused-ring (bicyclic) bond motifs is 3. The summed E-state index contributed by atoms with van der Waals surface area (Å²) in [5.41, 5.74) is -0.671. The van der Waals surface area contributed by atoms with Crippen molar-refractivity contribution in [3.05, 3.63) is 29.8 Å². The maximum absolute atomic E-state index is 13.2. The Morgan fingerprint density at radius 2 is 2.00 bits per heavy atom. The van der Waals surface area contributed by atoms with Crippen LogP contribution in [0.2, 0.25) is 0 Å². The molecule has 136 valence electrons. The molecule has 0 unspecified atom stereocenters. The fraction of sp³-hybridized carbons (Fsp3) is 0.444. The third-order valence-corrected chi connectivity index (χ3v) is 5.15. The molecule has 1 N–H and O–H groups in total.